The van der Waals surface area contributed by atoms with E-state index >= 15 is 0 Å². The molecule has 1 saturated carbocycles. The van der Waals surface area contributed by atoms with Gasteiger partial charge in [-0.1, -0.05) is 6.07 Å². The van der Waals surface area contributed by atoms with Crippen molar-refractivity contribution in [1.29, 1.82) is 0 Å². The van der Waals surface area contributed by atoms with Crippen LogP contribution in [0.2, 0.25) is 0 Å². The number of benzene rings is 1. The zero-order valence-electron chi connectivity index (χ0n) is 18.0. The van der Waals surface area contributed by atoms with Crippen LogP contribution in [0.4, 0.5) is 0 Å². The number of hydrogen-bond acceptors (Lipinski definition) is 5. The van der Waals surface area contributed by atoms with Crippen molar-refractivity contribution < 1.29 is 13.2 Å². The number of ether oxygens (including phenoxy) is 1. The molecule has 0 amide bonds. The van der Waals surface area contributed by atoms with Crippen LogP contribution in [0.25, 0.3) is 10.9 Å². The van der Waals surface area contributed by atoms with Gasteiger partial charge in [-0.15, -0.1) is 0 Å². The summed E-state index contributed by atoms with van der Waals surface area (Å²) in [6.07, 6.45) is 8.76. The lowest BCUT2D eigenvalue weighted by Crippen LogP contribution is -2.50. The molecule has 2 N–H and O–H groups in total. The second-order valence-electron chi connectivity index (χ2n) is 9.09. The molecule has 2 fully saturated rings. The maximum Gasteiger partial charge on any atom is 0.208 e. The Morgan fingerprint density at radius 1 is 1.20 bits per heavy atom. The van der Waals surface area contributed by atoms with E-state index in [9.17, 15) is 8.42 Å². The highest BCUT2D eigenvalue weighted by atomic mass is 32.2. The minimum Gasteiger partial charge on any atom is -0.381 e. The smallest absolute Gasteiger partial charge is 0.208 e. The van der Waals surface area contributed by atoms with E-state index in [0.29, 0.717) is 18.4 Å². The SMILES string of the molecule is Cn1ncc2cc(C3CCC(COC[C@@H]4CNCC[C@@H]4NS(C)(=O)=O)CC3)ccc21. The molecule has 1 saturated heterocycles. The molecule has 0 spiro atoms. The van der Waals surface area contributed by atoms with Crippen LogP contribution in [0.3, 0.4) is 0 Å². The first-order chi connectivity index (χ1) is 14.4. The van der Waals surface area contributed by atoms with Crippen LogP contribution >= 0.6 is 0 Å². The van der Waals surface area contributed by atoms with Gasteiger partial charge in [0.1, 0.15) is 0 Å². The molecule has 2 heterocycles. The first-order valence-corrected chi connectivity index (χ1v) is 13.0. The Morgan fingerprint density at radius 3 is 2.77 bits per heavy atom. The van der Waals surface area contributed by atoms with Gasteiger partial charge in [0, 0.05) is 37.5 Å². The van der Waals surface area contributed by atoms with Gasteiger partial charge in [0.05, 0.1) is 24.6 Å². The molecular weight excluding hydrogens is 400 g/mol. The highest BCUT2D eigenvalue weighted by molar-refractivity contribution is 7.88. The van der Waals surface area contributed by atoms with Crippen LogP contribution in [-0.2, 0) is 21.8 Å². The summed E-state index contributed by atoms with van der Waals surface area (Å²) in [7, 11) is -1.20. The Bertz CT molecular complexity index is 950. The van der Waals surface area contributed by atoms with E-state index in [4.69, 9.17) is 4.74 Å². The van der Waals surface area contributed by atoms with Crippen LogP contribution in [0.1, 0.15) is 43.6 Å². The van der Waals surface area contributed by atoms with Crippen LogP contribution < -0.4 is 10.0 Å². The first kappa shape index (κ1) is 21.7. The summed E-state index contributed by atoms with van der Waals surface area (Å²) in [6.45, 7) is 3.03. The van der Waals surface area contributed by atoms with Gasteiger partial charge in [0.25, 0.3) is 0 Å². The van der Waals surface area contributed by atoms with Crippen molar-refractivity contribution in [2.75, 3.05) is 32.6 Å². The van der Waals surface area contributed by atoms with Gasteiger partial charge in [0.15, 0.2) is 0 Å². The van der Waals surface area contributed by atoms with Crippen LogP contribution in [0, 0.1) is 11.8 Å². The second-order valence-corrected chi connectivity index (χ2v) is 10.9. The number of aryl methyl sites for hydroxylation is 1. The van der Waals surface area contributed by atoms with E-state index < -0.39 is 10.0 Å². The third kappa shape index (κ3) is 5.41. The number of nitrogens with zero attached hydrogens (tertiary/aromatic N) is 2. The Labute approximate surface area is 179 Å². The van der Waals surface area contributed by atoms with Crippen LogP contribution in [0.15, 0.2) is 24.4 Å². The van der Waals surface area contributed by atoms with Gasteiger partial charge >= 0.3 is 0 Å². The number of aromatic nitrogens is 2. The Balaban J connectivity index is 1.23. The third-order valence-corrected chi connectivity index (χ3v) is 7.48. The van der Waals surface area contributed by atoms with Crippen molar-refractivity contribution in [3.8, 4) is 0 Å². The zero-order chi connectivity index (χ0) is 21.1. The summed E-state index contributed by atoms with van der Waals surface area (Å²) < 4.78 is 34.0. The molecule has 1 aliphatic heterocycles. The monoisotopic (exact) mass is 434 g/mol. The first-order valence-electron chi connectivity index (χ1n) is 11.1. The molecule has 0 bridgehead atoms. The Hall–Kier alpha value is -1.48. The van der Waals surface area contributed by atoms with Gasteiger partial charge < -0.3 is 10.1 Å². The Kier molecular flexibility index (Phi) is 6.77. The molecule has 1 aliphatic carbocycles. The minimum atomic E-state index is -3.19. The Morgan fingerprint density at radius 2 is 2.00 bits per heavy atom. The second kappa shape index (κ2) is 9.34. The largest absolute Gasteiger partial charge is 0.381 e. The quantitative estimate of drug-likeness (QED) is 0.699. The van der Waals surface area contributed by atoms with E-state index in [0.717, 1.165) is 26.1 Å². The van der Waals surface area contributed by atoms with E-state index in [1.807, 2.05) is 17.9 Å². The van der Waals surface area contributed by atoms with Crippen LogP contribution in [0.5, 0.6) is 0 Å². The summed E-state index contributed by atoms with van der Waals surface area (Å²) in [5.74, 6) is 1.41. The topological polar surface area (TPSA) is 85.2 Å². The number of sulfonamides is 1. The molecule has 1 aromatic heterocycles. The van der Waals surface area contributed by atoms with Crippen molar-refractivity contribution in [2.45, 2.75) is 44.1 Å². The van der Waals surface area contributed by atoms with Crippen molar-refractivity contribution in [2.24, 2.45) is 18.9 Å². The third-order valence-electron chi connectivity index (χ3n) is 6.75. The highest BCUT2D eigenvalue weighted by Gasteiger charge is 2.28. The lowest BCUT2D eigenvalue weighted by atomic mass is 9.79. The average molecular weight is 435 g/mol. The summed E-state index contributed by atoms with van der Waals surface area (Å²) in [4.78, 5) is 0. The standard InChI is InChI=1S/C22H34N4O3S/c1-26-22-8-7-18(11-19(22)13-24-26)17-5-3-16(4-6-17)14-29-15-20-12-23-10-9-21(20)25-30(2,27)28/h7-8,11,13,16-17,20-21,23,25H,3-6,9-10,12,14-15H2,1-2H3/t16?,17?,20-,21-/m0/s1. The fourth-order valence-corrected chi connectivity index (χ4v) is 5.87. The number of nitrogens with one attached hydrogen (secondary N) is 2. The maximum atomic E-state index is 11.6. The molecule has 1 aromatic carbocycles. The lowest BCUT2D eigenvalue weighted by Gasteiger charge is -2.33. The summed E-state index contributed by atoms with van der Waals surface area (Å²) in [6, 6.07) is 6.72. The predicted octanol–water partition coefficient (Wildman–Crippen LogP) is 2.39. The van der Waals surface area contributed by atoms with Gasteiger partial charge in [0.2, 0.25) is 10.0 Å². The molecule has 4 rings (SSSR count). The minimum absolute atomic E-state index is 0.0284. The van der Waals surface area contributed by atoms with E-state index in [-0.39, 0.29) is 12.0 Å². The molecule has 166 valence electrons. The molecule has 0 radical (unpaired) electrons. The summed E-state index contributed by atoms with van der Waals surface area (Å²) in [5, 5.41) is 8.93. The van der Waals surface area contributed by atoms with Gasteiger partial charge in [-0.05, 0) is 68.2 Å². The van der Waals surface area contributed by atoms with Crippen molar-refractivity contribution >= 4 is 20.9 Å². The van der Waals surface area contributed by atoms with Crippen molar-refractivity contribution in [1.82, 2.24) is 19.8 Å². The maximum absolute atomic E-state index is 11.6. The predicted molar refractivity (Wildman–Crippen MR) is 119 cm³/mol. The van der Waals surface area contributed by atoms with E-state index in [2.05, 4.69) is 33.3 Å². The molecule has 8 heteroatoms. The number of hydrogen-bond donors (Lipinski definition) is 2. The zero-order valence-corrected chi connectivity index (χ0v) is 18.8. The van der Waals surface area contributed by atoms with E-state index in [1.54, 1.807) is 0 Å². The van der Waals surface area contributed by atoms with Crippen molar-refractivity contribution in [3.05, 3.63) is 30.0 Å². The fourth-order valence-electron chi connectivity index (χ4n) is 5.01. The molecule has 2 aromatic rings. The van der Waals surface area contributed by atoms with Crippen LogP contribution in [-0.4, -0.2) is 56.8 Å². The fraction of sp³-hybridized carbons (Fsp3) is 0.682. The molecule has 7 nitrogen and oxygen atoms in total. The van der Waals surface area contributed by atoms with Gasteiger partial charge in [-0.25, -0.2) is 13.1 Å². The molecule has 0 unspecified atom stereocenters. The number of rotatable bonds is 7. The van der Waals surface area contributed by atoms with Gasteiger partial charge in [-0.2, -0.15) is 5.10 Å². The van der Waals surface area contributed by atoms with E-state index in [1.165, 1.54) is 48.4 Å². The molecule has 2 atom stereocenters. The number of piperidine rings is 1. The average Bonchev–Trinajstić information content (AvgIpc) is 3.09. The molecule has 30 heavy (non-hydrogen) atoms. The normalized spacial score (nSPS) is 28.1. The molecular formula is C22H34N4O3S. The highest BCUT2D eigenvalue weighted by Crippen LogP contribution is 2.36. The number of fused-ring (bicyclic) bond motifs is 1. The molecule has 2 aliphatic rings. The van der Waals surface area contributed by atoms with Gasteiger partial charge in [-0.3, -0.25) is 4.68 Å². The summed E-state index contributed by atoms with van der Waals surface area (Å²) >= 11 is 0. The van der Waals surface area contributed by atoms with Crippen molar-refractivity contribution in [3.63, 3.8) is 0 Å². The summed E-state index contributed by atoms with van der Waals surface area (Å²) in [5.41, 5.74) is 2.61. The lowest BCUT2D eigenvalue weighted by molar-refractivity contribution is 0.0455.